The van der Waals surface area contributed by atoms with Gasteiger partial charge in [0.2, 0.25) is 0 Å². The fourth-order valence-corrected chi connectivity index (χ4v) is 1.65. The SMILES string of the molecule is COCCCC(NC(=O)NCc1ccc(C)o1)C(=O)O. The molecule has 0 saturated carbocycles. The number of aliphatic carboxylic acids is 1. The van der Waals surface area contributed by atoms with Crippen LogP contribution in [0.5, 0.6) is 0 Å². The first-order valence-corrected chi connectivity index (χ1v) is 6.34. The number of carbonyl (C=O) groups excluding carboxylic acids is 1. The van der Waals surface area contributed by atoms with Crippen LogP contribution < -0.4 is 10.6 Å². The third kappa shape index (κ3) is 5.75. The first kappa shape index (κ1) is 16.0. The molecule has 0 aliphatic rings. The van der Waals surface area contributed by atoms with Crippen LogP contribution in [0.2, 0.25) is 0 Å². The molecule has 0 fully saturated rings. The zero-order valence-corrected chi connectivity index (χ0v) is 11.6. The minimum atomic E-state index is -1.06. The van der Waals surface area contributed by atoms with Crippen molar-refractivity contribution in [2.24, 2.45) is 0 Å². The van der Waals surface area contributed by atoms with Crippen LogP contribution in [-0.2, 0) is 16.1 Å². The largest absolute Gasteiger partial charge is 0.480 e. The van der Waals surface area contributed by atoms with Crippen molar-refractivity contribution in [1.29, 1.82) is 0 Å². The minimum absolute atomic E-state index is 0.212. The molecule has 3 N–H and O–H groups in total. The Labute approximate surface area is 117 Å². The van der Waals surface area contributed by atoms with Gasteiger partial charge in [-0.05, 0) is 31.9 Å². The molecule has 1 aromatic heterocycles. The smallest absolute Gasteiger partial charge is 0.326 e. The zero-order chi connectivity index (χ0) is 15.0. The number of ether oxygens (including phenoxy) is 1. The molecule has 1 aromatic rings. The van der Waals surface area contributed by atoms with Crippen molar-refractivity contribution in [1.82, 2.24) is 10.6 Å². The van der Waals surface area contributed by atoms with E-state index in [0.29, 0.717) is 25.2 Å². The normalized spacial score (nSPS) is 11.9. The van der Waals surface area contributed by atoms with Crippen molar-refractivity contribution in [2.75, 3.05) is 13.7 Å². The number of hydrogen-bond acceptors (Lipinski definition) is 4. The maximum Gasteiger partial charge on any atom is 0.326 e. The molecule has 1 unspecified atom stereocenters. The van der Waals surface area contributed by atoms with Crippen molar-refractivity contribution >= 4 is 12.0 Å². The van der Waals surface area contributed by atoms with Gasteiger partial charge in [-0.3, -0.25) is 0 Å². The van der Waals surface area contributed by atoms with E-state index >= 15 is 0 Å². The Balaban J connectivity index is 2.35. The van der Waals surface area contributed by atoms with Crippen LogP contribution in [0.3, 0.4) is 0 Å². The number of urea groups is 1. The molecule has 0 saturated heterocycles. The van der Waals surface area contributed by atoms with Gasteiger partial charge in [0.1, 0.15) is 17.6 Å². The fraction of sp³-hybridized carbons (Fsp3) is 0.538. The maximum atomic E-state index is 11.6. The minimum Gasteiger partial charge on any atom is -0.480 e. The Morgan fingerprint density at radius 1 is 1.45 bits per heavy atom. The van der Waals surface area contributed by atoms with Gasteiger partial charge in [-0.25, -0.2) is 9.59 Å². The number of furan rings is 1. The molecule has 1 rings (SSSR count). The van der Waals surface area contributed by atoms with Gasteiger partial charge in [0.15, 0.2) is 0 Å². The Bertz CT molecular complexity index is 444. The third-order valence-corrected chi connectivity index (χ3v) is 2.66. The summed E-state index contributed by atoms with van der Waals surface area (Å²) >= 11 is 0. The third-order valence-electron chi connectivity index (χ3n) is 2.66. The van der Waals surface area contributed by atoms with E-state index < -0.39 is 18.0 Å². The molecule has 0 bridgehead atoms. The Kier molecular flexibility index (Phi) is 6.58. The summed E-state index contributed by atoms with van der Waals surface area (Å²) in [7, 11) is 1.54. The molecule has 20 heavy (non-hydrogen) atoms. The van der Waals surface area contributed by atoms with Crippen molar-refractivity contribution < 1.29 is 23.8 Å². The van der Waals surface area contributed by atoms with Gasteiger partial charge in [-0.15, -0.1) is 0 Å². The fourth-order valence-electron chi connectivity index (χ4n) is 1.65. The van der Waals surface area contributed by atoms with Gasteiger partial charge in [-0.2, -0.15) is 0 Å². The summed E-state index contributed by atoms with van der Waals surface area (Å²) < 4.78 is 10.1. The quantitative estimate of drug-likeness (QED) is 0.624. The molecule has 7 nitrogen and oxygen atoms in total. The monoisotopic (exact) mass is 284 g/mol. The Morgan fingerprint density at radius 3 is 2.75 bits per heavy atom. The summed E-state index contributed by atoms with van der Waals surface area (Å²) in [5, 5.41) is 14.0. The number of carbonyl (C=O) groups is 2. The second-order valence-electron chi connectivity index (χ2n) is 4.37. The topological polar surface area (TPSA) is 101 Å². The summed E-state index contributed by atoms with van der Waals surface area (Å²) in [6.07, 6.45) is 0.877. The lowest BCUT2D eigenvalue weighted by Crippen LogP contribution is -2.45. The summed E-state index contributed by atoms with van der Waals surface area (Å²) in [5.41, 5.74) is 0. The number of carboxylic acid groups (broad SMARTS) is 1. The van der Waals surface area contributed by atoms with E-state index in [1.807, 2.05) is 0 Å². The Morgan fingerprint density at radius 2 is 2.20 bits per heavy atom. The van der Waals surface area contributed by atoms with E-state index in [0.717, 1.165) is 5.76 Å². The predicted octanol–water partition coefficient (Wildman–Crippen LogP) is 1.27. The van der Waals surface area contributed by atoms with E-state index in [2.05, 4.69) is 10.6 Å². The number of aryl methyl sites for hydroxylation is 1. The van der Waals surface area contributed by atoms with Crippen molar-refractivity contribution in [3.05, 3.63) is 23.7 Å². The Hall–Kier alpha value is -2.02. The van der Waals surface area contributed by atoms with Crippen LogP contribution in [0.25, 0.3) is 0 Å². The van der Waals surface area contributed by atoms with Crippen molar-refractivity contribution in [3.63, 3.8) is 0 Å². The van der Waals surface area contributed by atoms with E-state index in [9.17, 15) is 9.59 Å². The van der Waals surface area contributed by atoms with Gasteiger partial charge in [0.05, 0.1) is 6.54 Å². The molecular formula is C13H20N2O5. The van der Waals surface area contributed by atoms with Gasteiger partial charge in [-0.1, -0.05) is 0 Å². The number of carboxylic acids is 1. The molecule has 0 aromatic carbocycles. The lowest BCUT2D eigenvalue weighted by Gasteiger charge is -2.14. The average Bonchev–Trinajstić information content (AvgIpc) is 2.81. The van der Waals surface area contributed by atoms with E-state index in [1.165, 1.54) is 0 Å². The summed E-state index contributed by atoms with van der Waals surface area (Å²) in [6.45, 7) is 2.47. The molecular weight excluding hydrogens is 264 g/mol. The molecule has 1 atom stereocenters. The highest BCUT2D eigenvalue weighted by Crippen LogP contribution is 2.05. The second kappa shape index (κ2) is 8.21. The summed E-state index contributed by atoms with van der Waals surface area (Å²) in [4.78, 5) is 22.6. The molecule has 0 spiro atoms. The lowest BCUT2D eigenvalue weighted by molar-refractivity contribution is -0.139. The average molecular weight is 284 g/mol. The summed E-state index contributed by atoms with van der Waals surface area (Å²) in [5.74, 6) is 0.305. The number of rotatable bonds is 8. The molecule has 112 valence electrons. The van der Waals surface area contributed by atoms with Crippen LogP contribution >= 0.6 is 0 Å². The first-order valence-electron chi connectivity index (χ1n) is 6.34. The van der Waals surface area contributed by atoms with Crippen molar-refractivity contribution in [3.8, 4) is 0 Å². The first-order chi connectivity index (χ1) is 9.52. The molecule has 2 amide bonds. The van der Waals surface area contributed by atoms with Crippen LogP contribution in [-0.4, -0.2) is 36.9 Å². The van der Waals surface area contributed by atoms with Crippen LogP contribution in [0.1, 0.15) is 24.4 Å². The highest BCUT2D eigenvalue weighted by molar-refractivity contribution is 5.82. The summed E-state index contributed by atoms with van der Waals surface area (Å²) in [6, 6.07) is 2.08. The van der Waals surface area contributed by atoms with Gasteiger partial charge < -0.3 is 24.9 Å². The second-order valence-corrected chi connectivity index (χ2v) is 4.37. The zero-order valence-electron chi connectivity index (χ0n) is 11.6. The number of nitrogens with one attached hydrogen (secondary N) is 2. The number of hydrogen-bond donors (Lipinski definition) is 3. The maximum absolute atomic E-state index is 11.6. The molecule has 0 aliphatic carbocycles. The molecule has 1 heterocycles. The van der Waals surface area contributed by atoms with Gasteiger partial charge in [0, 0.05) is 13.7 Å². The van der Waals surface area contributed by atoms with E-state index in [1.54, 1.807) is 26.2 Å². The van der Waals surface area contributed by atoms with E-state index in [-0.39, 0.29) is 6.54 Å². The number of amides is 2. The lowest BCUT2D eigenvalue weighted by atomic mass is 10.1. The standard InChI is InChI=1S/C13H20N2O5/c1-9-5-6-10(20-9)8-14-13(18)15-11(12(16)17)4-3-7-19-2/h5-6,11H,3-4,7-8H2,1-2H3,(H,16,17)(H2,14,15,18). The molecule has 0 radical (unpaired) electrons. The highest BCUT2D eigenvalue weighted by atomic mass is 16.5. The van der Waals surface area contributed by atoms with Gasteiger partial charge in [0.25, 0.3) is 0 Å². The van der Waals surface area contributed by atoms with Crippen molar-refractivity contribution in [2.45, 2.75) is 32.4 Å². The molecule has 7 heteroatoms. The van der Waals surface area contributed by atoms with Crippen LogP contribution in [0, 0.1) is 6.92 Å². The highest BCUT2D eigenvalue weighted by Gasteiger charge is 2.19. The molecule has 0 aliphatic heterocycles. The predicted molar refractivity (Wildman–Crippen MR) is 71.4 cm³/mol. The van der Waals surface area contributed by atoms with Crippen LogP contribution in [0.15, 0.2) is 16.5 Å². The van der Waals surface area contributed by atoms with Gasteiger partial charge >= 0.3 is 12.0 Å². The number of methoxy groups -OCH3 is 1. The van der Waals surface area contributed by atoms with E-state index in [4.69, 9.17) is 14.3 Å². The van der Waals surface area contributed by atoms with Crippen LogP contribution in [0.4, 0.5) is 4.79 Å².